The van der Waals surface area contributed by atoms with Gasteiger partial charge in [0, 0.05) is 18.7 Å². The van der Waals surface area contributed by atoms with Gasteiger partial charge in [0.1, 0.15) is 34.4 Å². The highest BCUT2D eigenvalue weighted by Crippen LogP contribution is 2.31. The number of alkyl halides is 3. The summed E-state index contributed by atoms with van der Waals surface area (Å²) in [6.45, 7) is 0.811. The zero-order valence-corrected chi connectivity index (χ0v) is 28.9. The fraction of sp³-hybridized carbons (Fsp3) is 0.273. The molecule has 2 aromatic heterocycles. The van der Waals surface area contributed by atoms with Crippen LogP contribution in [-0.4, -0.2) is 69.4 Å². The van der Waals surface area contributed by atoms with Gasteiger partial charge in [0.05, 0.1) is 37.2 Å². The molecule has 0 saturated carbocycles. The predicted octanol–water partition coefficient (Wildman–Crippen LogP) is 5.73. The third-order valence-electron chi connectivity index (χ3n) is 7.52. The molecule has 0 fully saturated rings. The van der Waals surface area contributed by atoms with Crippen molar-refractivity contribution in [3.63, 3.8) is 0 Å². The highest BCUT2D eigenvalue weighted by atomic mass is 35.5. The van der Waals surface area contributed by atoms with E-state index in [1.165, 1.54) is 37.6 Å². The molecule has 5 rings (SSSR count). The lowest BCUT2D eigenvalue weighted by Crippen LogP contribution is -2.40. The molecule has 0 radical (unpaired) electrons. The molecule has 0 aliphatic rings. The van der Waals surface area contributed by atoms with E-state index < -0.39 is 45.9 Å². The van der Waals surface area contributed by atoms with E-state index in [4.69, 9.17) is 21.1 Å². The summed E-state index contributed by atoms with van der Waals surface area (Å²) in [7, 11) is -1.17. The van der Waals surface area contributed by atoms with Crippen LogP contribution in [0, 0.1) is 5.82 Å². The Labute approximate surface area is 295 Å². The highest BCUT2D eigenvalue weighted by molar-refractivity contribution is 7.89. The second-order valence-corrected chi connectivity index (χ2v) is 13.8. The SMILES string of the molecule is COc1ccc(CN(Cc2ccc(OC)cc2)S(=O)(=O)CC(C)(O)c2ccc(Cl)c(-c3nnn(Cc4cc(OC(F)(F)F)ccc4F)n3)n2)cc1. The number of rotatable bonds is 14. The molecule has 0 aliphatic carbocycles. The molecule has 1 N–H and O–H groups in total. The van der Waals surface area contributed by atoms with E-state index in [0.29, 0.717) is 22.6 Å². The fourth-order valence-electron chi connectivity index (χ4n) is 4.97. The van der Waals surface area contributed by atoms with E-state index in [2.05, 4.69) is 25.1 Å². The van der Waals surface area contributed by atoms with Crippen molar-refractivity contribution >= 4 is 21.6 Å². The standard InChI is InChI=1S/C33H31ClF4N6O6S/c1-32(45,20-51(46,47)43(17-21-4-8-24(48-2)9-5-21)18-22-6-10-25(49-3)11-7-22)29-15-13-27(34)30(39-29)31-40-42-44(41-31)19-23-16-26(12-14-28(23)35)50-33(36,37)38/h4-16,45H,17-20H2,1-3H3. The van der Waals surface area contributed by atoms with Gasteiger partial charge in [-0.25, -0.2) is 17.8 Å². The van der Waals surface area contributed by atoms with Crippen LogP contribution in [0.25, 0.3) is 11.5 Å². The lowest BCUT2D eigenvalue weighted by molar-refractivity contribution is -0.274. The average Bonchev–Trinajstić information content (AvgIpc) is 3.54. The van der Waals surface area contributed by atoms with Gasteiger partial charge in [-0.2, -0.15) is 9.10 Å². The third-order valence-corrected chi connectivity index (χ3v) is 9.79. The van der Waals surface area contributed by atoms with Crippen molar-refractivity contribution in [2.45, 2.75) is 38.5 Å². The van der Waals surface area contributed by atoms with Crippen LogP contribution in [0.2, 0.25) is 5.02 Å². The lowest BCUT2D eigenvalue weighted by atomic mass is 10.0. The van der Waals surface area contributed by atoms with Gasteiger partial charge < -0.3 is 19.3 Å². The molecule has 3 aromatic carbocycles. The Kier molecular flexibility index (Phi) is 11.1. The number of ether oxygens (including phenoxy) is 3. The molecule has 0 spiro atoms. The van der Waals surface area contributed by atoms with Crippen LogP contribution in [0.15, 0.2) is 78.9 Å². The van der Waals surface area contributed by atoms with Gasteiger partial charge in [-0.1, -0.05) is 35.9 Å². The lowest BCUT2D eigenvalue weighted by Gasteiger charge is -2.28. The number of benzene rings is 3. The second kappa shape index (κ2) is 15.2. The molecule has 2 heterocycles. The first-order valence-corrected chi connectivity index (χ1v) is 17.0. The van der Waals surface area contributed by atoms with Gasteiger partial charge >= 0.3 is 6.36 Å². The first-order chi connectivity index (χ1) is 24.0. The Morgan fingerprint density at radius 1 is 0.882 bits per heavy atom. The maximum absolute atomic E-state index is 14.4. The summed E-state index contributed by atoms with van der Waals surface area (Å²) in [5, 5.41) is 23.4. The van der Waals surface area contributed by atoms with Crippen molar-refractivity contribution in [2.24, 2.45) is 0 Å². The Morgan fingerprint density at radius 2 is 1.45 bits per heavy atom. The summed E-state index contributed by atoms with van der Waals surface area (Å²) in [5.41, 5.74) is -1.11. The van der Waals surface area contributed by atoms with Gasteiger partial charge in [-0.15, -0.1) is 23.4 Å². The Balaban J connectivity index is 1.39. The minimum absolute atomic E-state index is 0.0179. The first-order valence-electron chi connectivity index (χ1n) is 15.0. The third kappa shape index (κ3) is 9.69. The molecule has 0 amide bonds. The molecule has 0 aliphatic heterocycles. The number of aromatic nitrogens is 5. The van der Waals surface area contributed by atoms with E-state index in [0.717, 1.165) is 23.0 Å². The van der Waals surface area contributed by atoms with Gasteiger partial charge in [-0.3, -0.25) is 0 Å². The van der Waals surface area contributed by atoms with E-state index in [1.807, 2.05) is 0 Å². The average molecular weight is 751 g/mol. The summed E-state index contributed by atoms with van der Waals surface area (Å²) in [6.07, 6.45) is -4.98. The Morgan fingerprint density at radius 3 is 2.00 bits per heavy atom. The number of hydrogen-bond acceptors (Lipinski definition) is 10. The molecule has 0 saturated heterocycles. The number of halogens is 5. The quantitative estimate of drug-likeness (QED) is 0.140. The van der Waals surface area contributed by atoms with Gasteiger partial charge in [0.25, 0.3) is 0 Å². The van der Waals surface area contributed by atoms with Crippen LogP contribution < -0.4 is 14.2 Å². The van der Waals surface area contributed by atoms with Crippen molar-refractivity contribution in [2.75, 3.05) is 20.0 Å². The number of aliphatic hydroxyl groups is 1. The van der Waals surface area contributed by atoms with Gasteiger partial charge in [0.15, 0.2) is 0 Å². The van der Waals surface area contributed by atoms with Crippen LogP contribution in [-0.2, 0) is 35.3 Å². The topological polar surface area (TPSA) is 142 Å². The van der Waals surface area contributed by atoms with Crippen LogP contribution in [0.3, 0.4) is 0 Å². The van der Waals surface area contributed by atoms with E-state index in [9.17, 15) is 31.1 Å². The van der Waals surface area contributed by atoms with Gasteiger partial charge in [0.2, 0.25) is 15.8 Å². The zero-order chi connectivity index (χ0) is 37.0. The number of hydrogen-bond donors (Lipinski definition) is 1. The van der Waals surface area contributed by atoms with Crippen molar-refractivity contribution < 1.29 is 45.3 Å². The fourth-order valence-corrected chi connectivity index (χ4v) is 6.89. The van der Waals surface area contributed by atoms with Crippen molar-refractivity contribution in [3.8, 4) is 28.8 Å². The van der Waals surface area contributed by atoms with E-state index in [1.54, 1.807) is 48.5 Å². The molecule has 270 valence electrons. The summed E-state index contributed by atoms with van der Waals surface area (Å²) in [6, 6.07) is 19.0. The van der Waals surface area contributed by atoms with Crippen LogP contribution in [0.4, 0.5) is 17.6 Å². The number of nitrogens with zero attached hydrogens (tertiary/aromatic N) is 6. The number of methoxy groups -OCH3 is 2. The van der Waals surface area contributed by atoms with Crippen LogP contribution >= 0.6 is 11.6 Å². The minimum Gasteiger partial charge on any atom is -0.497 e. The molecule has 5 aromatic rings. The number of sulfonamides is 1. The van der Waals surface area contributed by atoms with Crippen molar-refractivity contribution in [1.29, 1.82) is 0 Å². The molecular weight excluding hydrogens is 720 g/mol. The van der Waals surface area contributed by atoms with Gasteiger partial charge in [-0.05, 0) is 77.9 Å². The summed E-state index contributed by atoms with van der Waals surface area (Å²) in [5.74, 6) is -1.24. The summed E-state index contributed by atoms with van der Waals surface area (Å²) >= 11 is 6.38. The highest BCUT2D eigenvalue weighted by Gasteiger charge is 2.36. The smallest absolute Gasteiger partial charge is 0.497 e. The molecule has 1 atom stereocenters. The van der Waals surface area contributed by atoms with E-state index in [-0.39, 0.29) is 40.9 Å². The Hall–Kier alpha value is -4.84. The largest absolute Gasteiger partial charge is 0.573 e. The first kappa shape index (κ1) is 37.4. The van der Waals surface area contributed by atoms with Crippen molar-refractivity contribution in [3.05, 3.63) is 112 Å². The molecule has 1 unspecified atom stereocenters. The van der Waals surface area contributed by atoms with Crippen molar-refractivity contribution in [1.82, 2.24) is 29.5 Å². The summed E-state index contributed by atoms with van der Waals surface area (Å²) in [4.78, 5) is 5.26. The molecule has 18 heteroatoms. The molecule has 51 heavy (non-hydrogen) atoms. The van der Waals surface area contributed by atoms with Crippen LogP contribution in [0.1, 0.15) is 29.3 Å². The predicted molar refractivity (Wildman–Crippen MR) is 177 cm³/mol. The minimum atomic E-state index is -4.98. The zero-order valence-electron chi connectivity index (χ0n) is 27.3. The van der Waals surface area contributed by atoms with Crippen LogP contribution in [0.5, 0.6) is 17.2 Å². The maximum Gasteiger partial charge on any atom is 0.573 e. The molecule has 12 nitrogen and oxygen atoms in total. The number of pyridine rings is 1. The number of tetrazole rings is 1. The molecular formula is C33H31ClF4N6O6S. The molecule has 0 bridgehead atoms. The second-order valence-electron chi connectivity index (χ2n) is 11.5. The monoisotopic (exact) mass is 750 g/mol. The normalized spacial score (nSPS) is 13.2. The Bertz CT molecular complexity index is 2030. The summed E-state index contributed by atoms with van der Waals surface area (Å²) < 4.78 is 96.0. The van der Waals surface area contributed by atoms with E-state index >= 15 is 0 Å². The maximum atomic E-state index is 14.4.